The largest absolute Gasteiger partial charge is 0.503 e. The summed E-state index contributed by atoms with van der Waals surface area (Å²) in [4.78, 5) is 39.5. The highest BCUT2D eigenvalue weighted by atomic mass is 16.5. The minimum Gasteiger partial charge on any atom is -0.503 e. The third kappa shape index (κ3) is 2.54. The number of hydrogen-bond donors (Lipinski definition) is 2. The molecule has 2 aromatic rings. The summed E-state index contributed by atoms with van der Waals surface area (Å²) in [6.45, 7) is 0.508. The van der Waals surface area contributed by atoms with E-state index in [0.717, 1.165) is 12.0 Å². The Hall–Kier alpha value is -3.07. The highest BCUT2D eigenvalue weighted by molar-refractivity contribution is 6.44. The van der Waals surface area contributed by atoms with Crippen LogP contribution in [0, 0.1) is 0 Å². The fourth-order valence-corrected chi connectivity index (χ4v) is 3.99. The number of rotatable bonds is 3. The highest BCUT2D eigenvalue weighted by Gasteiger charge is 2.51. The van der Waals surface area contributed by atoms with Crippen LogP contribution in [0.2, 0.25) is 0 Å². The molecule has 0 spiro atoms. The first-order valence-electron chi connectivity index (χ1n) is 9.14. The average molecular weight is 378 g/mol. The first-order valence-corrected chi connectivity index (χ1v) is 9.14. The standard InChI is InChI=1S/C19H17BN3O5/c24-16-11(18(26)21-7-10-4-2-1-3-5-10)8-22-9-14-23(12-6-13(20-12)28-14)19(27)15(22)17(16)25/h1-5,8,12-14,25H,6-7,9H2,(H,21,26). The zero-order valence-electron chi connectivity index (χ0n) is 14.9. The van der Waals surface area contributed by atoms with Crippen LogP contribution in [0.5, 0.6) is 5.75 Å². The van der Waals surface area contributed by atoms with Crippen molar-refractivity contribution in [3.05, 3.63) is 63.6 Å². The van der Waals surface area contributed by atoms with Crippen molar-refractivity contribution in [3.8, 4) is 5.75 Å². The van der Waals surface area contributed by atoms with Gasteiger partial charge in [-0.1, -0.05) is 30.3 Å². The van der Waals surface area contributed by atoms with Gasteiger partial charge in [-0.3, -0.25) is 14.4 Å². The van der Waals surface area contributed by atoms with Crippen LogP contribution in [-0.2, 0) is 17.8 Å². The molecule has 2 bridgehead atoms. The van der Waals surface area contributed by atoms with Crippen LogP contribution >= 0.6 is 0 Å². The predicted octanol–water partition coefficient (Wildman–Crippen LogP) is 0.0561. The number of fused-ring (bicyclic) bond motifs is 1. The summed E-state index contributed by atoms with van der Waals surface area (Å²) < 4.78 is 7.27. The van der Waals surface area contributed by atoms with E-state index in [1.54, 1.807) is 4.90 Å². The van der Waals surface area contributed by atoms with E-state index < -0.39 is 29.2 Å². The molecule has 1 radical (unpaired) electrons. The van der Waals surface area contributed by atoms with Crippen LogP contribution in [0.25, 0.3) is 0 Å². The maximum absolute atomic E-state index is 12.9. The van der Waals surface area contributed by atoms with Crippen molar-refractivity contribution in [1.82, 2.24) is 14.8 Å². The molecular weight excluding hydrogens is 361 g/mol. The van der Waals surface area contributed by atoms with Gasteiger partial charge in [-0.15, -0.1) is 0 Å². The van der Waals surface area contributed by atoms with E-state index in [9.17, 15) is 19.5 Å². The number of carbonyl (C=O) groups is 2. The fraction of sp³-hybridized carbons (Fsp3) is 0.316. The maximum atomic E-state index is 12.9. The number of nitrogens with one attached hydrogen (secondary N) is 1. The van der Waals surface area contributed by atoms with E-state index in [2.05, 4.69) is 5.32 Å². The molecule has 0 aliphatic carbocycles. The van der Waals surface area contributed by atoms with Crippen molar-refractivity contribution < 1.29 is 19.4 Å². The Morgan fingerprint density at radius 2 is 2.04 bits per heavy atom. The molecule has 8 nitrogen and oxygen atoms in total. The Morgan fingerprint density at radius 1 is 1.29 bits per heavy atom. The van der Waals surface area contributed by atoms with Gasteiger partial charge in [0.1, 0.15) is 11.8 Å². The molecule has 3 unspecified atom stereocenters. The Labute approximate surface area is 161 Å². The van der Waals surface area contributed by atoms with Crippen LogP contribution in [-0.4, -0.2) is 51.8 Å². The van der Waals surface area contributed by atoms with Gasteiger partial charge in [-0.25, -0.2) is 0 Å². The minimum absolute atomic E-state index is 0.0298. The van der Waals surface area contributed by atoms with Crippen molar-refractivity contribution in [3.63, 3.8) is 0 Å². The molecule has 3 atom stereocenters. The summed E-state index contributed by atoms with van der Waals surface area (Å²) in [5.74, 6) is -1.79. The molecule has 3 fully saturated rings. The zero-order chi connectivity index (χ0) is 19.4. The lowest BCUT2D eigenvalue weighted by molar-refractivity contribution is -0.139. The van der Waals surface area contributed by atoms with Gasteiger partial charge in [0.25, 0.3) is 11.8 Å². The van der Waals surface area contributed by atoms with Crippen LogP contribution in [0.4, 0.5) is 0 Å². The van der Waals surface area contributed by atoms with Gasteiger partial charge in [0.15, 0.2) is 18.7 Å². The molecule has 1 aromatic carbocycles. The van der Waals surface area contributed by atoms with Gasteiger partial charge in [0.05, 0.1) is 6.54 Å². The molecule has 141 valence electrons. The Balaban J connectivity index is 1.45. The third-order valence-electron chi connectivity index (χ3n) is 5.50. The number of nitrogens with zero attached hydrogens (tertiary/aromatic N) is 2. The number of pyridine rings is 1. The molecule has 1 aromatic heterocycles. The number of benzene rings is 1. The number of ether oxygens (including phenoxy) is 1. The Kier molecular flexibility index (Phi) is 3.80. The van der Waals surface area contributed by atoms with E-state index in [1.165, 1.54) is 10.8 Å². The topological polar surface area (TPSA) is 101 Å². The monoisotopic (exact) mass is 378 g/mol. The van der Waals surface area contributed by atoms with Gasteiger partial charge in [-0.05, 0) is 12.0 Å². The van der Waals surface area contributed by atoms with E-state index in [-0.39, 0.29) is 36.3 Å². The van der Waals surface area contributed by atoms with Crippen LogP contribution in [0.15, 0.2) is 41.3 Å². The van der Waals surface area contributed by atoms with E-state index in [4.69, 9.17) is 4.74 Å². The number of hydrogen-bond acceptors (Lipinski definition) is 5. The molecule has 0 saturated carbocycles. The second kappa shape index (κ2) is 6.24. The Morgan fingerprint density at radius 3 is 2.79 bits per heavy atom. The van der Waals surface area contributed by atoms with Gasteiger partial charge in [-0.2, -0.15) is 0 Å². The van der Waals surface area contributed by atoms with E-state index >= 15 is 0 Å². The first-order chi connectivity index (χ1) is 13.5. The Bertz CT molecular complexity index is 1030. The second-order valence-electron chi connectivity index (χ2n) is 7.23. The fourth-order valence-electron chi connectivity index (χ4n) is 3.99. The van der Waals surface area contributed by atoms with Crippen molar-refractivity contribution in [2.24, 2.45) is 0 Å². The second-order valence-corrected chi connectivity index (χ2v) is 7.23. The summed E-state index contributed by atoms with van der Waals surface area (Å²) in [5, 5.41) is 13.1. The smallest absolute Gasteiger partial charge is 0.276 e. The molecule has 2 N–H and O–H groups in total. The molecule has 4 aliphatic rings. The summed E-state index contributed by atoms with van der Waals surface area (Å²) in [7, 11) is 1.94. The van der Waals surface area contributed by atoms with Crippen molar-refractivity contribution in [2.45, 2.75) is 37.7 Å². The molecule has 3 saturated heterocycles. The molecular formula is C19H17BN3O5. The molecule has 6 rings (SSSR count). The number of aromatic nitrogens is 1. The van der Waals surface area contributed by atoms with Gasteiger partial charge >= 0.3 is 0 Å². The van der Waals surface area contributed by atoms with Gasteiger partial charge in [0, 0.05) is 24.7 Å². The van der Waals surface area contributed by atoms with Crippen molar-refractivity contribution in [2.75, 3.05) is 0 Å². The number of amides is 2. The SMILES string of the molecule is O=C(NCc1ccccc1)c1cn2c(c(O)c1=O)C(=O)N1C3[B]C(C3)OC1C2. The zero-order valence-corrected chi connectivity index (χ0v) is 14.9. The van der Waals surface area contributed by atoms with Crippen molar-refractivity contribution in [1.29, 1.82) is 0 Å². The molecule has 5 heterocycles. The lowest BCUT2D eigenvalue weighted by atomic mass is 9.48. The third-order valence-corrected chi connectivity index (χ3v) is 5.50. The molecule has 28 heavy (non-hydrogen) atoms. The van der Waals surface area contributed by atoms with Crippen molar-refractivity contribution >= 4 is 19.1 Å². The van der Waals surface area contributed by atoms with Crippen LogP contribution in [0.1, 0.15) is 32.8 Å². The van der Waals surface area contributed by atoms with Gasteiger partial charge < -0.3 is 24.6 Å². The predicted molar refractivity (Wildman–Crippen MR) is 99.0 cm³/mol. The lowest BCUT2D eigenvalue weighted by Gasteiger charge is -2.54. The molecule has 4 aliphatic heterocycles. The summed E-state index contributed by atoms with van der Waals surface area (Å²) >= 11 is 0. The summed E-state index contributed by atoms with van der Waals surface area (Å²) in [6.07, 6.45) is 1.60. The summed E-state index contributed by atoms with van der Waals surface area (Å²) in [5.41, 5.74) is -0.263. The normalized spacial score (nSPS) is 24.5. The molecule has 2 amide bonds. The van der Waals surface area contributed by atoms with E-state index in [1.807, 2.05) is 37.6 Å². The quantitative estimate of drug-likeness (QED) is 0.736. The van der Waals surface area contributed by atoms with E-state index in [0.29, 0.717) is 0 Å². The summed E-state index contributed by atoms with van der Waals surface area (Å²) in [6, 6.07) is 9.31. The average Bonchev–Trinajstić information content (AvgIpc) is 2.68. The van der Waals surface area contributed by atoms with Crippen LogP contribution < -0.4 is 10.7 Å². The maximum Gasteiger partial charge on any atom is 0.276 e. The lowest BCUT2D eigenvalue weighted by Crippen LogP contribution is -2.70. The molecule has 9 heteroatoms. The number of aromatic hydroxyl groups is 1. The van der Waals surface area contributed by atoms with Crippen LogP contribution in [0.3, 0.4) is 0 Å². The highest BCUT2D eigenvalue weighted by Crippen LogP contribution is 2.36. The minimum atomic E-state index is -0.850. The van der Waals surface area contributed by atoms with Gasteiger partial charge in [0.2, 0.25) is 5.43 Å². The first kappa shape index (κ1) is 17.1. The number of carbonyl (C=O) groups excluding carboxylic acids is 2.